The van der Waals surface area contributed by atoms with Gasteiger partial charge in [0.25, 0.3) is 0 Å². The Labute approximate surface area is 53.8 Å². The molecule has 0 atom stereocenters. The fourth-order valence-electron chi connectivity index (χ4n) is 0.187. The molecule has 0 heterocycles. The summed E-state index contributed by atoms with van der Waals surface area (Å²) >= 11 is 0. The zero-order valence-electron chi connectivity index (χ0n) is 4.64. The third-order valence-electron chi connectivity index (χ3n) is 0.474. The smallest absolute Gasteiger partial charge is 0.422 e. The molecule has 0 saturated heterocycles. The Balaban J connectivity index is 3.55. The number of esters is 1. The van der Waals surface area contributed by atoms with Crippen LogP contribution >= 0.6 is 0 Å². The molecule has 0 unspecified atom stereocenters. The Kier molecular flexibility index (Phi) is 2.85. The van der Waals surface area contributed by atoms with E-state index in [4.69, 9.17) is 0 Å². The normalized spacial score (nSPS) is 10.7. The number of ether oxygens (including phenoxy) is 1. The average molecular weight is 156 g/mol. The SMILES string of the molecule is O=CC(=O)OCC(F)(F)F. The lowest BCUT2D eigenvalue weighted by Crippen LogP contribution is -2.20. The fourth-order valence-corrected chi connectivity index (χ4v) is 0.187. The van der Waals surface area contributed by atoms with E-state index < -0.39 is 18.8 Å². The van der Waals surface area contributed by atoms with Gasteiger partial charge in [0.2, 0.25) is 6.29 Å². The Morgan fingerprint density at radius 2 is 2.00 bits per heavy atom. The molecule has 0 aromatic heterocycles. The summed E-state index contributed by atoms with van der Waals surface area (Å²) in [7, 11) is 0. The van der Waals surface area contributed by atoms with Gasteiger partial charge < -0.3 is 4.74 Å². The minimum Gasteiger partial charge on any atom is -0.451 e. The topological polar surface area (TPSA) is 43.4 Å². The number of carbonyl (C=O) groups is 2. The van der Waals surface area contributed by atoms with Crippen molar-refractivity contribution in [1.82, 2.24) is 0 Å². The maximum Gasteiger partial charge on any atom is 0.422 e. The maximum absolute atomic E-state index is 11.2. The average Bonchev–Trinajstić information content (AvgIpc) is 1.81. The molecule has 3 nitrogen and oxygen atoms in total. The summed E-state index contributed by atoms with van der Waals surface area (Å²) in [5.41, 5.74) is 0. The van der Waals surface area contributed by atoms with E-state index in [0.29, 0.717) is 0 Å². The van der Waals surface area contributed by atoms with Gasteiger partial charge in [0.1, 0.15) is 0 Å². The number of hydrogen-bond acceptors (Lipinski definition) is 3. The van der Waals surface area contributed by atoms with Crippen LogP contribution in [0.5, 0.6) is 0 Å². The first-order chi connectivity index (χ1) is 4.45. The highest BCUT2D eigenvalue weighted by Gasteiger charge is 2.29. The molecule has 0 aliphatic carbocycles. The van der Waals surface area contributed by atoms with Crippen LogP contribution in [0.4, 0.5) is 13.2 Å². The van der Waals surface area contributed by atoms with Gasteiger partial charge in [-0.05, 0) is 0 Å². The summed E-state index contributed by atoms with van der Waals surface area (Å²) in [6, 6.07) is 0. The van der Waals surface area contributed by atoms with Crippen molar-refractivity contribution in [2.75, 3.05) is 6.61 Å². The summed E-state index contributed by atoms with van der Waals surface area (Å²) in [4.78, 5) is 19.1. The lowest BCUT2D eigenvalue weighted by molar-refractivity contribution is -0.185. The van der Waals surface area contributed by atoms with Gasteiger partial charge in [-0.15, -0.1) is 0 Å². The van der Waals surface area contributed by atoms with Crippen molar-refractivity contribution in [3.05, 3.63) is 0 Å². The number of alkyl halides is 3. The Hall–Kier alpha value is -1.07. The molecule has 0 saturated carbocycles. The van der Waals surface area contributed by atoms with Crippen molar-refractivity contribution in [2.24, 2.45) is 0 Å². The fraction of sp³-hybridized carbons (Fsp3) is 0.500. The van der Waals surface area contributed by atoms with Gasteiger partial charge in [0.05, 0.1) is 0 Å². The number of rotatable bonds is 2. The molecule has 0 rings (SSSR count). The van der Waals surface area contributed by atoms with Gasteiger partial charge >= 0.3 is 12.1 Å². The van der Waals surface area contributed by atoms with Gasteiger partial charge in [0.15, 0.2) is 6.61 Å². The number of halogens is 3. The molecule has 0 aromatic carbocycles. The first-order valence-corrected chi connectivity index (χ1v) is 2.14. The second-order valence-corrected chi connectivity index (χ2v) is 1.34. The molecule has 58 valence electrons. The highest BCUT2D eigenvalue weighted by molar-refractivity contribution is 6.20. The molecule has 0 aliphatic rings. The number of hydrogen-bond donors (Lipinski definition) is 0. The van der Waals surface area contributed by atoms with E-state index in [-0.39, 0.29) is 6.29 Å². The van der Waals surface area contributed by atoms with E-state index in [1.807, 2.05) is 0 Å². The van der Waals surface area contributed by atoms with Crippen molar-refractivity contribution < 1.29 is 27.5 Å². The Morgan fingerprint density at radius 1 is 1.50 bits per heavy atom. The quantitative estimate of drug-likeness (QED) is 0.328. The highest BCUT2D eigenvalue weighted by atomic mass is 19.4. The third-order valence-corrected chi connectivity index (χ3v) is 0.474. The van der Waals surface area contributed by atoms with Crippen LogP contribution in [-0.2, 0) is 14.3 Å². The van der Waals surface area contributed by atoms with Gasteiger partial charge in [-0.2, -0.15) is 13.2 Å². The summed E-state index contributed by atoms with van der Waals surface area (Å²) < 4.78 is 36.9. The van der Waals surface area contributed by atoms with E-state index in [2.05, 4.69) is 4.74 Å². The minimum atomic E-state index is -4.57. The van der Waals surface area contributed by atoms with Crippen LogP contribution in [0, 0.1) is 0 Å². The van der Waals surface area contributed by atoms with Gasteiger partial charge in [0, 0.05) is 0 Å². The summed E-state index contributed by atoms with van der Waals surface area (Å²) in [5, 5.41) is 0. The van der Waals surface area contributed by atoms with Crippen LogP contribution in [0.2, 0.25) is 0 Å². The molecule has 0 aromatic rings. The largest absolute Gasteiger partial charge is 0.451 e. The van der Waals surface area contributed by atoms with Crippen LogP contribution in [0.3, 0.4) is 0 Å². The zero-order chi connectivity index (χ0) is 8.20. The molecular formula is C4H3F3O3. The first kappa shape index (κ1) is 8.93. The molecule has 0 amide bonds. The highest BCUT2D eigenvalue weighted by Crippen LogP contribution is 2.13. The number of carbonyl (C=O) groups excluding carboxylic acids is 2. The molecular weight excluding hydrogens is 153 g/mol. The van der Waals surface area contributed by atoms with E-state index in [0.717, 1.165) is 0 Å². The lowest BCUT2D eigenvalue weighted by atomic mass is 10.7. The monoisotopic (exact) mass is 156 g/mol. The first-order valence-electron chi connectivity index (χ1n) is 2.14. The summed E-state index contributed by atoms with van der Waals surface area (Å²) in [5.74, 6) is -1.52. The molecule has 0 spiro atoms. The van der Waals surface area contributed by atoms with Crippen molar-refractivity contribution in [3.63, 3.8) is 0 Å². The van der Waals surface area contributed by atoms with E-state index in [1.54, 1.807) is 0 Å². The maximum atomic E-state index is 11.2. The third kappa shape index (κ3) is 5.07. The van der Waals surface area contributed by atoms with E-state index in [1.165, 1.54) is 0 Å². The van der Waals surface area contributed by atoms with Crippen LogP contribution in [0.1, 0.15) is 0 Å². The van der Waals surface area contributed by atoms with E-state index >= 15 is 0 Å². The second-order valence-electron chi connectivity index (χ2n) is 1.34. The lowest BCUT2D eigenvalue weighted by Gasteiger charge is -2.03. The molecule has 0 aliphatic heterocycles. The van der Waals surface area contributed by atoms with Crippen molar-refractivity contribution in [1.29, 1.82) is 0 Å². The predicted octanol–water partition coefficient (Wildman–Crippen LogP) is 0.291. The predicted molar refractivity (Wildman–Crippen MR) is 23.1 cm³/mol. The Morgan fingerprint density at radius 3 is 2.30 bits per heavy atom. The molecule has 0 N–H and O–H groups in total. The van der Waals surface area contributed by atoms with E-state index in [9.17, 15) is 22.8 Å². The van der Waals surface area contributed by atoms with Gasteiger partial charge in [-0.25, -0.2) is 4.79 Å². The minimum absolute atomic E-state index is 0.328. The summed E-state index contributed by atoms with van der Waals surface area (Å²) in [6.07, 6.45) is -4.90. The van der Waals surface area contributed by atoms with Crippen LogP contribution in [-0.4, -0.2) is 25.0 Å². The van der Waals surface area contributed by atoms with Gasteiger partial charge in [-0.3, -0.25) is 4.79 Å². The molecule has 0 fully saturated rings. The Bertz CT molecular complexity index is 139. The molecule has 6 heteroatoms. The molecule has 0 radical (unpaired) electrons. The van der Waals surface area contributed by atoms with Crippen molar-refractivity contribution in [2.45, 2.75) is 6.18 Å². The van der Waals surface area contributed by atoms with Crippen LogP contribution in [0.25, 0.3) is 0 Å². The van der Waals surface area contributed by atoms with Crippen molar-refractivity contribution in [3.8, 4) is 0 Å². The van der Waals surface area contributed by atoms with Gasteiger partial charge in [-0.1, -0.05) is 0 Å². The second kappa shape index (κ2) is 3.19. The summed E-state index contributed by atoms with van der Waals surface area (Å²) in [6.45, 7) is -1.72. The van der Waals surface area contributed by atoms with Crippen LogP contribution < -0.4 is 0 Å². The van der Waals surface area contributed by atoms with Crippen molar-refractivity contribution >= 4 is 12.3 Å². The number of aldehydes is 1. The molecule has 10 heavy (non-hydrogen) atoms. The zero-order valence-corrected chi connectivity index (χ0v) is 4.64. The standard InChI is InChI=1S/C4H3F3O3/c5-4(6,7)2-10-3(9)1-8/h1H,2H2. The molecule has 0 bridgehead atoms. The van der Waals surface area contributed by atoms with Crippen LogP contribution in [0.15, 0.2) is 0 Å².